The first kappa shape index (κ1) is 27.5. The van der Waals surface area contributed by atoms with Gasteiger partial charge in [0.25, 0.3) is 5.56 Å². The van der Waals surface area contributed by atoms with Gasteiger partial charge in [-0.2, -0.15) is 0 Å². The Morgan fingerprint density at radius 1 is 1.06 bits per heavy atom. The number of alkyl halides is 1. The Kier molecular flexibility index (Phi) is 7.89. The van der Waals surface area contributed by atoms with Crippen LogP contribution in [0.25, 0.3) is 0 Å². The fourth-order valence-electron chi connectivity index (χ4n) is 5.23. The van der Waals surface area contributed by atoms with E-state index in [-0.39, 0.29) is 28.8 Å². The summed E-state index contributed by atoms with van der Waals surface area (Å²) in [6, 6.07) is 1.15. The van der Waals surface area contributed by atoms with Crippen LogP contribution < -0.4 is 11.2 Å². The van der Waals surface area contributed by atoms with E-state index >= 15 is 0 Å². The number of hydrogen-bond acceptors (Lipinski definition) is 7. The van der Waals surface area contributed by atoms with Gasteiger partial charge in [0.05, 0.1) is 12.7 Å². The third-order valence-corrected chi connectivity index (χ3v) is 17.9. The van der Waals surface area contributed by atoms with Crippen LogP contribution >= 0.6 is 11.6 Å². The van der Waals surface area contributed by atoms with Crippen LogP contribution in [0, 0.1) is 0 Å². The lowest BCUT2D eigenvalue weighted by Gasteiger charge is -2.51. The Labute approximate surface area is 207 Å². The van der Waals surface area contributed by atoms with Crippen molar-refractivity contribution in [2.45, 2.75) is 101 Å². The zero-order valence-electron chi connectivity index (χ0n) is 21.2. The number of aromatic nitrogens is 2. The summed E-state index contributed by atoms with van der Waals surface area (Å²) < 4.78 is 28.0. The number of hydrogen-bond donors (Lipinski definition) is 1. The van der Waals surface area contributed by atoms with E-state index in [0.29, 0.717) is 6.29 Å². The maximum absolute atomic E-state index is 12.6. The minimum Gasteiger partial charge on any atom is -0.414 e. The third kappa shape index (κ3) is 4.23. The van der Waals surface area contributed by atoms with E-state index in [4.69, 9.17) is 29.3 Å². The predicted molar refractivity (Wildman–Crippen MR) is 134 cm³/mol. The lowest BCUT2D eigenvalue weighted by atomic mass is 10.1. The van der Waals surface area contributed by atoms with Crippen LogP contribution in [0.3, 0.4) is 0 Å². The number of carbonyl (C=O) groups excluding carboxylic acids is 1. The number of aromatic amines is 1. The van der Waals surface area contributed by atoms with E-state index in [1.54, 1.807) is 0 Å². The number of halogens is 1. The van der Waals surface area contributed by atoms with Gasteiger partial charge >= 0.3 is 22.8 Å². The highest BCUT2D eigenvalue weighted by Crippen LogP contribution is 2.49. The summed E-state index contributed by atoms with van der Waals surface area (Å²) >= 11 is 6.90. The van der Waals surface area contributed by atoms with Gasteiger partial charge in [-0.3, -0.25) is 19.1 Å². The van der Waals surface area contributed by atoms with E-state index in [1.807, 2.05) is 0 Å². The Bertz CT molecular complexity index is 995. The van der Waals surface area contributed by atoms with Crippen LogP contribution in [0.1, 0.15) is 55.4 Å². The zero-order valence-corrected chi connectivity index (χ0v) is 23.9. The molecule has 0 aliphatic carbocycles. The molecular weight excluding hydrogens is 496 g/mol. The summed E-state index contributed by atoms with van der Waals surface area (Å²) in [7, 11) is -5.80. The van der Waals surface area contributed by atoms with Gasteiger partial charge in [0.1, 0.15) is 11.5 Å². The number of fused-ring (bicyclic) bond motifs is 1. The number of nitrogens with one attached hydrogen (secondary N) is 1. The lowest BCUT2D eigenvalue weighted by molar-refractivity contribution is -0.148. The highest BCUT2D eigenvalue weighted by Gasteiger charge is 2.65. The Balaban J connectivity index is 2.18. The molecule has 0 radical (unpaired) electrons. The van der Waals surface area contributed by atoms with Crippen molar-refractivity contribution in [2.24, 2.45) is 0 Å². The quantitative estimate of drug-likeness (QED) is 0.340. The molecule has 34 heavy (non-hydrogen) atoms. The van der Waals surface area contributed by atoms with Gasteiger partial charge in [-0.15, -0.1) is 11.6 Å². The first-order valence-corrected chi connectivity index (χ1v) is 16.3. The topological polar surface area (TPSA) is 109 Å². The molecule has 0 aromatic carbocycles. The van der Waals surface area contributed by atoms with E-state index < -0.39 is 51.7 Å². The maximum atomic E-state index is 12.6. The standard InChI is InChI=1S/C22H37ClN2O7Si2/c1-13(2)33(14(3)4)29-11-17-19(31-34(32-33,15(5)6)16(7)8)20(23)22(12-26,30-17)25-10-9-18(27)24-21(25)28/h9-10,12-17,19-20H,11H2,1-8H3,(H,24,27,28)/t17-,19?,20+,22-/m1/s1. The average molecular weight is 533 g/mol. The summed E-state index contributed by atoms with van der Waals surface area (Å²) in [5, 5.41) is -1.05. The van der Waals surface area contributed by atoms with E-state index in [9.17, 15) is 14.4 Å². The molecule has 0 spiro atoms. The van der Waals surface area contributed by atoms with Crippen molar-refractivity contribution in [3.05, 3.63) is 33.1 Å². The van der Waals surface area contributed by atoms with Gasteiger partial charge in [0.15, 0.2) is 6.29 Å². The second kappa shape index (κ2) is 9.76. The molecule has 1 N–H and O–H groups in total. The van der Waals surface area contributed by atoms with Crippen LogP contribution in [0.2, 0.25) is 22.2 Å². The minimum absolute atomic E-state index is 0.0603. The molecule has 0 saturated carbocycles. The van der Waals surface area contributed by atoms with Crippen molar-refractivity contribution in [1.29, 1.82) is 0 Å². The predicted octanol–water partition coefficient (Wildman–Crippen LogP) is 3.35. The largest absolute Gasteiger partial charge is 0.414 e. The number of ether oxygens (including phenoxy) is 1. The first-order valence-electron chi connectivity index (χ1n) is 11.9. The SMILES string of the molecule is CC(C)[Si]1(C(C)C)OC[C@H]2O[C@@](C=O)(n3ccc(=O)[nH]c3=O)[C@@H](Cl)C2O[Si](C(C)C)(C(C)C)O1. The molecule has 1 unspecified atom stereocenters. The zero-order chi connectivity index (χ0) is 25.6. The molecule has 2 aliphatic rings. The molecule has 2 saturated heterocycles. The van der Waals surface area contributed by atoms with Crippen molar-refractivity contribution >= 4 is 35.0 Å². The molecule has 192 valence electrons. The van der Waals surface area contributed by atoms with E-state index in [1.165, 1.54) is 6.20 Å². The molecule has 12 heteroatoms. The highest BCUT2D eigenvalue weighted by molar-refractivity contribution is 6.84. The molecule has 4 atom stereocenters. The van der Waals surface area contributed by atoms with Crippen LogP contribution in [0.4, 0.5) is 0 Å². The van der Waals surface area contributed by atoms with Crippen LogP contribution in [-0.2, 0) is 28.2 Å². The van der Waals surface area contributed by atoms with Gasteiger partial charge < -0.3 is 17.7 Å². The smallest absolute Gasteiger partial charge is 0.335 e. The fraction of sp³-hybridized carbons (Fsp3) is 0.773. The molecule has 9 nitrogen and oxygen atoms in total. The Hall–Kier alpha value is -1.09. The summed E-state index contributed by atoms with van der Waals surface area (Å²) in [5.74, 6) is 0. The van der Waals surface area contributed by atoms with E-state index in [0.717, 1.165) is 10.6 Å². The third-order valence-electron chi connectivity index (χ3n) is 7.09. The number of rotatable bonds is 6. The molecule has 3 heterocycles. The molecule has 3 rings (SSSR count). The maximum Gasteiger partial charge on any atom is 0.335 e. The van der Waals surface area contributed by atoms with Gasteiger partial charge in [0, 0.05) is 12.3 Å². The lowest BCUT2D eigenvalue weighted by Crippen LogP contribution is -2.65. The van der Waals surface area contributed by atoms with Gasteiger partial charge in [-0.1, -0.05) is 55.4 Å². The van der Waals surface area contributed by atoms with Crippen molar-refractivity contribution in [3.63, 3.8) is 0 Å². The molecule has 0 amide bonds. The number of H-pyrrole nitrogens is 1. The molecule has 2 fully saturated rings. The van der Waals surface area contributed by atoms with E-state index in [2.05, 4.69) is 60.4 Å². The minimum atomic E-state index is -3.00. The molecule has 2 aliphatic heterocycles. The molecule has 1 aromatic heterocycles. The van der Waals surface area contributed by atoms with Gasteiger partial charge in [-0.05, 0) is 22.2 Å². The van der Waals surface area contributed by atoms with Crippen LogP contribution in [0.5, 0.6) is 0 Å². The molecule has 1 aromatic rings. The van der Waals surface area contributed by atoms with Crippen molar-refractivity contribution in [2.75, 3.05) is 6.61 Å². The molecular formula is C22H37ClN2O7Si2. The molecule has 0 bridgehead atoms. The Morgan fingerprint density at radius 3 is 2.09 bits per heavy atom. The monoisotopic (exact) mass is 532 g/mol. The van der Waals surface area contributed by atoms with Crippen LogP contribution in [-0.4, -0.2) is 57.2 Å². The van der Waals surface area contributed by atoms with Crippen molar-refractivity contribution in [1.82, 2.24) is 9.55 Å². The second-order valence-corrected chi connectivity index (χ2v) is 19.8. The highest BCUT2D eigenvalue weighted by atomic mass is 35.5. The van der Waals surface area contributed by atoms with Crippen LogP contribution in [0.15, 0.2) is 21.9 Å². The summed E-state index contributed by atoms with van der Waals surface area (Å²) in [5.41, 5.74) is -2.83. The van der Waals surface area contributed by atoms with Gasteiger partial charge in [0.2, 0.25) is 5.72 Å². The number of nitrogens with zero attached hydrogens (tertiary/aromatic N) is 1. The fourth-order valence-corrected chi connectivity index (χ4v) is 17.0. The summed E-state index contributed by atoms with van der Waals surface area (Å²) in [4.78, 5) is 38.9. The van der Waals surface area contributed by atoms with Crippen molar-refractivity contribution < 1.29 is 22.5 Å². The van der Waals surface area contributed by atoms with Crippen molar-refractivity contribution in [3.8, 4) is 0 Å². The first-order chi connectivity index (χ1) is 15.8. The number of carbonyl (C=O) groups is 1. The van der Waals surface area contributed by atoms with Gasteiger partial charge in [-0.25, -0.2) is 4.79 Å². The Morgan fingerprint density at radius 2 is 1.62 bits per heavy atom. The second-order valence-electron chi connectivity index (χ2n) is 10.5. The summed E-state index contributed by atoms with van der Waals surface area (Å²) in [6.07, 6.45) is 0.263. The normalized spacial score (nSPS) is 31.0. The average Bonchev–Trinajstić information content (AvgIpc) is 2.98. The summed E-state index contributed by atoms with van der Waals surface area (Å²) in [6.45, 7) is 16.9. The number of aldehydes is 1.